The highest BCUT2D eigenvalue weighted by Crippen LogP contribution is 2.20. The Bertz CT molecular complexity index is 677. The molecule has 20 heavy (non-hydrogen) atoms. The van der Waals surface area contributed by atoms with Crippen molar-refractivity contribution in [3.63, 3.8) is 0 Å². The van der Waals surface area contributed by atoms with E-state index in [-0.39, 0.29) is 0 Å². The number of aryl methyl sites for hydroxylation is 1. The third-order valence-electron chi connectivity index (χ3n) is 2.90. The average molecular weight is 266 g/mol. The van der Waals surface area contributed by atoms with Gasteiger partial charge in [-0.3, -0.25) is 4.98 Å². The van der Waals surface area contributed by atoms with Crippen molar-refractivity contribution >= 4 is 5.82 Å². The third kappa shape index (κ3) is 2.83. The minimum atomic E-state index is 0.703. The van der Waals surface area contributed by atoms with Gasteiger partial charge in [-0.2, -0.15) is 0 Å². The van der Waals surface area contributed by atoms with Gasteiger partial charge in [0, 0.05) is 30.6 Å². The quantitative estimate of drug-likeness (QED) is 0.786. The smallest absolute Gasteiger partial charge is 0.167 e. The standard InChI is InChI=1S/C15H14N4O/c1-11-8-14(20-19-11)13-4-2-12(3-5-13)9-18-15-10-16-6-7-17-15/h2-8,10H,9H2,1H3,(H,17,18). The maximum absolute atomic E-state index is 5.24. The van der Waals surface area contributed by atoms with Crippen molar-refractivity contribution in [1.82, 2.24) is 15.1 Å². The first-order chi connectivity index (χ1) is 9.81. The van der Waals surface area contributed by atoms with E-state index in [9.17, 15) is 0 Å². The molecule has 1 aromatic carbocycles. The van der Waals surface area contributed by atoms with E-state index >= 15 is 0 Å². The van der Waals surface area contributed by atoms with Crippen LogP contribution in [0.4, 0.5) is 5.82 Å². The van der Waals surface area contributed by atoms with Crippen LogP contribution in [0, 0.1) is 6.92 Å². The van der Waals surface area contributed by atoms with E-state index in [1.54, 1.807) is 18.6 Å². The lowest BCUT2D eigenvalue weighted by Crippen LogP contribution is -2.01. The number of rotatable bonds is 4. The van der Waals surface area contributed by atoms with Crippen molar-refractivity contribution in [2.45, 2.75) is 13.5 Å². The van der Waals surface area contributed by atoms with Crippen LogP contribution in [-0.4, -0.2) is 15.1 Å². The molecule has 3 aromatic rings. The van der Waals surface area contributed by atoms with Crippen LogP contribution in [0.5, 0.6) is 0 Å². The molecule has 0 radical (unpaired) electrons. The van der Waals surface area contributed by atoms with Crippen molar-refractivity contribution in [2.24, 2.45) is 0 Å². The molecule has 0 aliphatic heterocycles. The van der Waals surface area contributed by atoms with Crippen LogP contribution in [0.2, 0.25) is 0 Å². The molecule has 0 saturated heterocycles. The molecule has 0 fully saturated rings. The zero-order valence-electron chi connectivity index (χ0n) is 11.1. The summed E-state index contributed by atoms with van der Waals surface area (Å²) < 4.78 is 5.24. The SMILES string of the molecule is Cc1cc(-c2ccc(CNc3cnccn3)cc2)on1. The van der Waals surface area contributed by atoms with Gasteiger partial charge in [0.25, 0.3) is 0 Å². The van der Waals surface area contributed by atoms with Gasteiger partial charge >= 0.3 is 0 Å². The fourth-order valence-electron chi connectivity index (χ4n) is 1.87. The topological polar surface area (TPSA) is 63.8 Å². The van der Waals surface area contributed by atoms with Gasteiger partial charge in [-0.1, -0.05) is 29.4 Å². The van der Waals surface area contributed by atoms with Gasteiger partial charge in [0.05, 0.1) is 11.9 Å². The molecule has 0 aliphatic carbocycles. The minimum Gasteiger partial charge on any atom is -0.365 e. The monoisotopic (exact) mass is 266 g/mol. The van der Waals surface area contributed by atoms with Crippen LogP contribution in [0.25, 0.3) is 11.3 Å². The van der Waals surface area contributed by atoms with Crippen LogP contribution >= 0.6 is 0 Å². The second kappa shape index (κ2) is 5.52. The lowest BCUT2D eigenvalue weighted by atomic mass is 10.1. The van der Waals surface area contributed by atoms with Crippen molar-refractivity contribution < 1.29 is 4.52 Å². The van der Waals surface area contributed by atoms with Gasteiger partial charge in [-0.15, -0.1) is 0 Å². The summed E-state index contributed by atoms with van der Waals surface area (Å²) in [6.07, 6.45) is 5.02. The number of benzene rings is 1. The molecule has 5 heteroatoms. The Labute approximate surface area is 116 Å². The molecule has 0 atom stereocenters. The predicted octanol–water partition coefficient (Wildman–Crippen LogP) is 3.05. The lowest BCUT2D eigenvalue weighted by molar-refractivity contribution is 0.427. The molecule has 0 amide bonds. The number of hydrogen-bond donors (Lipinski definition) is 1. The van der Waals surface area contributed by atoms with Gasteiger partial charge in [-0.25, -0.2) is 4.98 Å². The van der Waals surface area contributed by atoms with E-state index in [1.165, 1.54) is 0 Å². The maximum Gasteiger partial charge on any atom is 0.167 e. The summed E-state index contributed by atoms with van der Waals surface area (Å²) in [5.74, 6) is 1.55. The normalized spacial score (nSPS) is 10.4. The third-order valence-corrected chi connectivity index (χ3v) is 2.90. The summed E-state index contributed by atoms with van der Waals surface area (Å²) in [6.45, 7) is 2.61. The van der Waals surface area contributed by atoms with Gasteiger partial charge < -0.3 is 9.84 Å². The first-order valence-electron chi connectivity index (χ1n) is 6.34. The fourth-order valence-corrected chi connectivity index (χ4v) is 1.87. The van der Waals surface area contributed by atoms with Gasteiger partial charge in [0.2, 0.25) is 0 Å². The molecule has 0 aliphatic rings. The number of anilines is 1. The number of nitrogens with one attached hydrogen (secondary N) is 1. The molecular weight excluding hydrogens is 252 g/mol. The van der Waals surface area contributed by atoms with Crippen LogP contribution in [0.1, 0.15) is 11.3 Å². The molecule has 0 bridgehead atoms. The zero-order chi connectivity index (χ0) is 13.8. The first-order valence-corrected chi connectivity index (χ1v) is 6.34. The maximum atomic E-state index is 5.24. The van der Waals surface area contributed by atoms with Crippen molar-refractivity contribution in [1.29, 1.82) is 0 Å². The summed E-state index contributed by atoms with van der Waals surface area (Å²) in [6, 6.07) is 10.1. The first kappa shape index (κ1) is 12.3. The molecule has 0 spiro atoms. The number of nitrogens with zero attached hydrogens (tertiary/aromatic N) is 3. The minimum absolute atomic E-state index is 0.703. The van der Waals surface area contributed by atoms with Crippen LogP contribution < -0.4 is 5.32 Å². The Morgan fingerprint density at radius 1 is 1.15 bits per heavy atom. The van der Waals surface area contributed by atoms with E-state index in [0.717, 1.165) is 28.4 Å². The van der Waals surface area contributed by atoms with E-state index in [2.05, 4.69) is 32.6 Å². The largest absolute Gasteiger partial charge is 0.365 e. The van der Waals surface area contributed by atoms with Crippen LogP contribution in [-0.2, 0) is 6.54 Å². The van der Waals surface area contributed by atoms with Gasteiger partial charge in [-0.05, 0) is 12.5 Å². The molecule has 5 nitrogen and oxygen atoms in total. The average Bonchev–Trinajstić information content (AvgIpc) is 2.93. The van der Waals surface area contributed by atoms with Crippen LogP contribution in [0.15, 0.2) is 53.4 Å². The molecule has 2 heterocycles. The van der Waals surface area contributed by atoms with Crippen molar-refractivity contribution in [2.75, 3.05) is 5.32 Å². The molecule has 2 aromatic heterocycles. The highest BCUT2D eigenvalue weighted by molar-refractivity contribution is 5.57. The second-order valence-corrected chi connectivity index (χ2v) is 4.47. The molecule has 3 rings (SSSR count). The Morgan fingerprint density at radius 3 is 2.65 bits per heavy atom. The fraction of sp³-hybridized carbons (Fsp3) is 0.133. The van der Waals surface area contributed by atoms with Gasteiger partial charge in [0.1, 0.15) is 5.82 Å². The van der Waals surface area contributed by atoms with Crippen molar-refractivity contribution in [3.05, 3.63) is 60.2 Å². The van der Waals surface area contributed by atoms with Crippen molar-refractivity contribution in [3.8, 4) is 11.3 Å². The highest BCUT2D eigenvalue weighted by atomic mass is 16.5. The summed E-state index contributed by atoms with van der Waals surface area (Å²) in [7, 11) is 0. The molecule has 1 N–H and O–H groups in total. The Balaban J connectivity index is 1.67. The second-order valence-electron chi connectivity index (χ2n) is 4.47. The highest BCUT2D eigenvalue weighted by Gasteiger charge is 2.04. The summed E-state index contributed by atoms with van der Waals surface area (Å²) in [5.41, 5.74) is 3.07. The Morgan fingerprint density at radius 2 is 2.00 bits per heavy atom. The molecule has 100 valence electrons. The summed E-state index contributed by atoms with van der Waals surface area (Å²) in [5, 5.41) is 7.10. The predicted molar refractivity (Wildman–Crippen MR) is 76.0 cm³/mol. The Hall–Kier alpha value is -2.69. The molecular formula is C15H14N4O. The van der Waals surface area contributed by atoms with Crippen LogP contribution in [0.3, 0.4) is 0 Å². The van der Waals surface area contributed by atoms with E-state index < -0.39 is 0 Å². The van der Waals surface area contributed by atoms with E-state index in [0.29, 0.717) is 6.54 Å². The molecule has 0 unspecified atom stereocenters. The summed E-state index contributed by atoms with van der Waals surface area (Å²) in [4.78, 5) is 8.17. The Kier molecular flexibility index (Phi) is 3.41. The number of aromatic nitrogens is 3. The molecule has 0 saturated carbocycles. The van der Waals surface area contributed by atoms with Gasteiger partial charge in [0.15, 0.2) is 5.76 Å². The van der Waals surface area contributed by atoms with E-state index in [1.807, 2.05) is 25.1 Å². The van der Waals surface area contributed by atoms with E-state index in [4.69, 9.17) is 4.52 Å². The summed E-state index contributed by atoms with van der Waals surface area (Å²) >= 11 is 0. The zero-order valence-corrected chi connectivity index (χ0v) is 11.1. The lowest BCUT2D eigenvalue weighted by Gasteiger charge is -2.05. The number of hydrogen-bond acceptors (Lipinski definition) is 5.